The van der Waals surface area contributed by atoms with Crippen LogP contribution in [-0.4, -0.2) is 37.0 Å². The van der Waals surface area contributed by atoms with Crippen LogP contribution in [-0.2, 0) is 0 Å². The van der Waals surface area contributed by atoms with Crippen molar-refractivity contribution in [1.82, 2.24) is 10.2 Å². The number of nitrogens with zero attached hydrogens (tertiary/aromatic N) is 1. The van der Waals surface area contributed by atoms with Crippen LogP contribution in [0.2, 0.25) is 0 Å². The molecule has 0 radical (unpaired) electrons. The summed E-state index contributed by atoms with van der Waals surface area (Å²) in [6.45, 7) is 4.18. The van der Waals surface area contributed by atoms with Gasteiger partial charge in [-0.1, -0.05) is 18.2 Å². The molecule has 0 bridgehead atoms. The minimum atomic E-state index is 0.206. The summed E-state index contributed by atoms with van der Waals surface area (Å²) < 4.78 is 0. The second kappa shape index (κ2) is 5.74. The number of amides is 1. The maximum atomic E-state index is 12.4. The molecular weight excluding hydrogens is 236 g/mol. The minimum absolute atomic E-state index is 0.206. The van der Waals surface area contributed by atoms with Gasteiger partial charge in [0.25, 0.3) is 5.91 Å². The van der Waals surface area contributed by atoms with Gasteiger partial charge in [0, 0.05) is 18.7 Å². The van der Waals surface area contributed by atoms with E-state index in [4.69, 9.17) is 0 Å². The van der Waals surface area contributed by atoms with Crippen molar-refractivity contribution in [3.05, 3.63) is 35.9 Å². The lowest BCUT2D eigenvalue weighted by Gasteiger charge is -2.28. The van der Waals surface area contributed by atoms with Crippen molar-refractivity contribution >= 4 is 5.91 Å². The van der Waals surface area contributed by atoms with Gasteiger partial charge in [0.15, 0.2) is 0 Å². The zero-order chi connectivity index (χ0) is 13.1. The molecule has 2 saturated heterocycles. The van der Waals surface area contributed by atoms with Gasteiger partial charge in [-0.15, -0.1) is 0 Å². The molecule has 3 heteroatoms. The topological polar surface area (TPSA) is 32.3 Å². The molecule has 0 saturated carbocycles. The zero-order valence-corrected chi connectivity index (χ0v) is 11.3. The number of hydrogen-bond acceptors (Lipinski definition) is 2. The van der Waals surface area contributed by atoms with Crippen molar-refractivity contribution in [3.63, 3.8) is 0 Å². The highest BCUT2D eigenvalue weighted by Crippen LogP contribution is 2.30. The predicted molar refractivity (Wildman–Crippen MR) is 76.0 cm³/mol. The highest BCUT2D eigenvalue weighted by molar-refractivity contribution is 5.94. The van der Waals surface area contributed by atoms with Crippen LogP contribution in [0, 0.1) is 11.8 Å². The monoisotopic (exact) mass is 258 g/mol. The fourth-order valence-electron chi connectivity index (χ4n) is 3.44. The lowest BCUT2D eigenvalue weighted by molar-refractivity contribution is 0.0780. The highest BCUT2D eigenvalue weighted by Gasteiger charge is 2.32. The van der Waals surface area contributed by atoms with Crippen LogP contribution < -0.4 is 5.32 Å². The molecule has 3 rings (SSSR count). The first-order chi connectivity index (χ1) is 9.34. The lowest BCUT2D eigenvalue weighted by atomic mass is 9.84. The van der Waals surface area contributed by atoms with Gasteiger partial charge in [0.1, 0.15) is 0 Å². The van der Waals surface area contributed by atoms with Crippen LogP contribution in [0.15, 0.2) is 30.3 Å². The molecule has 1 amide bonds. The smallest absolute Gasteiger partial charge is 0.253 e. The third-order valence-electron chi connectivity index (χ3n) is 4.58. The van der Waals surface area contributed by atoms with E-state index < -0.39 is 0 Å². The first kappa shape index (κ1) is 12.7. The molecule has 3 nitrogen and oxygen atoms in total. The van der Waals surface area contributed by atoms with Crippen LogP contribution >= 0.6 is 0 Å². The van der Waals surface area contributed by atoms with Crippen molar-refractivity contribution in [2.45, 2.75) is 19.3 Å². The molecule has 1 unspecified atom stereocenters. The van der Waals surface area contributed by atoms with E-state index in [1.165, 1.54) is 19.3 Å². The molecule has 19 heavy (non-hydrogen) atoms. The van der Waals surface area contributed by atoms with Gasteiger partial charge in [0.2, 0.25) is 0 Å². The number of hydrogen-bond donors (Lipinski definition) is 1. The Morgan fingerprint density at radius 2 is 1.79 bits per heavy atom. The van der Waals surface area contributed by atoms with Gasteiger partial charge in [-0.05, 0) is 56.3 Å². The first-order valence-electron chi connectivity index (χ1n) is 7.39. The molecule has 0 aliphatic carbocycles. The maximum absolute atomic E-state index is 12.4. The molecule has 1 aromatic carbocycles. The molecule has 1 N–H and O–H groups in total. The number of carbonyl (C=O) groups excluding carboxylic acids is 1. The number of likely N-dealkylation sites (tertiary alicyclic amines) is 1. The molecule has 102 valence electrons. The van der Waals surface area contributed by atoms with Crippen LogP contribution in [0.4, 0.5) is 0 Å². The van der Waals surface area contributed by atoms with Crippen molar-refractivity contribution in [3.8, 4) is 0 Å². The lowest BCUT2D eigenvalue weighted by Crippen LogP contribution is -2.34. The van der Waals surface area contributed by atoms with Gasteiger partial charge in [-0.2, -0.15) is 0 Å². The van der Waals surface area contributed by atoms with E-state index in [1.807, 2.05) is 35.2 Å². The van der Waals surface area contributed by atoms with E-state index in [0.717, 1.165) is 43.6 Å². The fourth-order valence-corrected chi connectivity index (χ4v) is 3.44. The van der Waals surface area contributed by atoms with Crippen molar-refractivity contribution in [2.24, 2.45) is 11.8 Å². The highest BCUT2D eigenvalue weighted by atomic mass is 16.2. The van der Waals surface area contributed by atoms with Gasteiger partial charge >= 0.3 is 0 Å². The zero-order valence-electron chi connectivity index (χ0n) is 11.3. The van der Waals surface area contributed by atoms with Gasteiger partial charge < -0.3 is 10.2 Å². The maximum Gasteiger partial charge on any atom is 0.253 e. The fraction of sp³-hybridized carbons (Fsp3) is 0.562. The summed E-state index contributed by atoms with van der Waals surface area (Å²) in [7, 11) is 0. The molecule has 1 atom stereocenters. The van der Waals surface area contributed by atoms with Crippen molar-refractivity contribution in [1.29, 1.82) is 0 Å². The third kappa shape index (κ3) is 2.81. The molecule has 0 aromatic heterocycles. The van der Waals surface area contributed by atoms with E-state index in [2.05, 4.69) is 5.32 Å². The molecule has 2 heterocycles. The van der Waals surface area contributed by atoms with Crippen LogP contribution in [0.25, 0.3) is 0 Å². The standard InChI is InChI=1S/C16H22N2O/c19-16(14-4-2-1-3-5-14)18-11-8-15(12-18)13-6-9-17-10-7-13/h1-5,13,15,17H,6-12H2. The Labute approximate surface area is 115 Å². The minimum Gasteiger partial charge on any atom is -0.338 e. The molecule has 1 aromatic rings. The quantitative estimate of drug-likeness (QED) is 0.881. The largest absolute Gasteiger partial charge is 0.338 e. The van der Waals surface area contributed by atoms with Gasteiger partial charge in [-0.25, -0.2) is 0 Å². The van der Waals surface area contributed by atoms with E-state index in [0.29, 0.717) is 0 Å². The van der Waals surface area contributed by atoms with Crippen LogP contribution in [0.3, 0.4) is 0 Å². The predicted octanol–water partition coefficient (Wildman–Crippen LogP) is 2.15. The summed E-state index contributed by atoms with van der Waals surface area (Å²) in [4.78, 5) is 14.4. The van der Waals surface area contributed by atoms with E-state index in [1.54, 1.807) is 0 Å². The van der Waals surface area contributed by atoms with Gasteiger partial charge in [0.05, 0.1) is 0 Å². The summed E-state index contributed by atoms with van der Waals surface area (Å²) in [6, 6.07) is 9.67. The third-order valence-corrected chi connectivity index (χ3v) is 4.58. The van der Waals surface area contributed by atoms with E-state index >= 15 is 0 Å². The summed E-state index contributed by atoms with van der Waals surface area (Å²) in [5, 5.41) is 3.42. The Balaban J connectivity index is 1.61. The van der Waals surface area contributed by atoms with Crippen molar-refractivity contribution in [2.75, 3.05) is 26.2 Å². The second-order valence-electron chi connectivity index (χ2n) is 5.75. The average Bonchev–Trinajstić information content (AvgIpc) is 2.98. The van der Waals surface area contributed by atoms with Crippen LogP contribution in [0.5, 0.6) is 0 Å². The Kier molecular flexibility index (Phi) is 3.83. The number of piperidine rings is 1. The average molecular weight is 258 g/mol. The Hall–Kier alpha value is -1.35. The van der Waals surface area contributed by atoms with E-state index in [9.17, 15) is 4.79 Å². The molecule has 2 aliphatic rings. The number of carbonyl (C=O) groups is 1. The van der Waals surface area contributed by atoms with Crippen molar-refractivity contribution < 1.29 is 4.79 Å². The molecule has 2 aliphatic heterocycles. The molecule has 2 fully saturated rings. The van der Waals surface area contributed by atoms with Crippen LogP contribution in [0.1, 0.15) is 29.6 Å². The Morgan fingerprint density at radius 3 is 2.53 bits per heavy atom. The second-order valence-corrected chi connectivity index (χ2v) is 5.75. The summed E-state index contributed by atoms with van der Waals surface area (Å²) in [6.07, 6.45) is 3.74. The normalized spacial score (nSPS) is 24.6. The molecular formula is C16H22N2O. The van der Waals surface area contributed by atoms with Gasteiger partial charge in [-0.3, -0.25) is 4.79 Å². The summed E-state index contributed by atoms with van der Waals surface area (Å²) >= 11 is 0. The Morgan fingerprint density at radius 1 is 1.05 bits per heavy atom. The summed E-state index contributed by atoms with van der Waals surface area (Å²) in [5.41, 5.74) is 0.827. The Bertz CT molecular complexity index is 426. The SMILES string of the molecule is O=C(c1ccccc1)N1CCC(C2CCNCC2)C1. The number of benzene rings is 1. The number of nitrogens with one attached hydrogen (secondary N) is 1. The number of rotatable bonds is 2. The van der Waals surface area contributed by atoms with E-state index in [-0.39, 0.29) is 5.91 Å². The molecule has 0 spiro atoms. The first-order valence-corrected chi connectivity index (χ1v) is 7.39. The summed E-state index contributed by atoms with van der Waals surface area (Å²) in [5.74, 6) is 1.74.